The van der Waals surface area contributed by atoms with Crippen LogP contribution in [0.25, 0.3) is 0 Å². The molecule has 0 aliphatic rings. The molecule has 11 heavy (non-hydrogen) atoms. The maximum Gasteiger partial charge on any atom is 0.0712 e. The van der Waals surface area contributed by atoms with Gasteiger partial charge in [-0.3, -0.25) is 0 Å². The molecule has 2 atom stereocenters. The van der Waals surface area contributed by atoms with Gasteiger partial charge in [-0.1, -0.05) is 0 Å². The highest BCUT2D eigenvalue weighted by molar-refractivity contribution is 9.11. The van der Waals surface area contributed by atoms with Crippen molar-refractivity contribution >= 4 is 27.3 Å². The van der Waals surface area contributed by atoms with Gasteiger partial charge in [-0.15, -0.1) is 11.3 Å². The zero-order valence-electron chi connectivity index (χ0n) is 6.12. The summed E-state index contributed by atoms with van der Waals surface area (Å²) < 4.78 is 1.05. The van der Waals surface area contributed by atoms with Gasteiger partial charge in [0.25, 0.3) is 0 Å². The van der Waals surface area contributed by atoms with Gasteiger partial charge < -0.3 is 10.8 Å². The molecule has 1 unspecified atom stereocenters. The van der Waals surface area contributed by atoms with E-state index in [0.717, 1.165) is 8.66 Å². The summed E-state index contributed by atoms with van der Waals surface area (Å²) in [6, 6.07) is 3.60. The first-order chi connectivity index (χ1) is 5.11. The molecule has 0 fully saturated rings. The first-order valence-electron chi connectivity index (χ1n) is 3.30. The fourth-order valence-electron chi connectivity index (χ4n) is 0.745. The maximum atomic E-state index is 9.15. The number of rotatable bonds is 2. The summed E-state index contributed by atoms with van der Waals surface area (Å²) in [6.07, 6.45) is -0.486. The van der Waals surface area contributed by atoms with Crippen LogP contribution in [0.4, 0.5) is 0 Å². The summed E-state index contributed by atoms with van der Waals surface area (Å²) in [6.45, 7) is 1.69. The van der Waals surface area contributed by atoms with Crippen molar-refractivity contribution < 1.29 is 5.11 Å². The number of halogens is 1. The summed E-state index contributed by atoms with van der Waals surface area (Å²) in [4.78, 5) is 1.01. The quantitative estimate of drug-likeness (QED) is 0.823. The van der Waals surface area contributed by atoms with Crippen molar-refractivity contribution in [2.75, 3.05) is 0 Å². The molecule has 0 bridgehead atoms. The predicted molar refractivity (Wildman–Crippen MR) is 50.6 cm³/mol. The van der Waals surface area contributed by atoms with Gasteiger partial charge in [-0.05, 0) is 35.0 Å². The van der Waals surface area contributed by atoms with E-state index in [9.17, 15) is 0 Å². The van der Waals surface area contributed by atoms with Crippen LogP contribution in [0.15, 0.2) is 15.9 Å². The molecule has 0 saturated carbocycles. The van der Waals surface area contributed by atoms with Crippen molar-refractivity contribution in [3.05, 3.63) is 20.8 Å². The van der Waals surface area contributed by atoms with E-state index in [0.29, 0.717) is 0 Å². The zero-order valence-corrected chi connectivity index (χ0v) is 8.52. The van der Waals surface area contributed by atoms with Crippen LogP contribution in [0, 0.1) is 0 Å². The second kappa shape index (κ2) is 3.67. The summed E-state index contributed by atoms with van der Waals surface area (Å²) in [5.41, 5.74) is 5.69. The van der Waals surface area contributed by atoms with Crippen LogP contribution < -0.4 is 5.73 Å². The topological polar surface area (TPSA) is 46.2 Å². The molecule has 0 aromatic carbocycles. The zero-order chi connectivity index (χ0) is 8.43. The van der Waals surface area contributed by atoms with E-state index in [4.69, 9.17) is 10.8 Å². The minimum atomic E-state index is -0.486. The number of thiophene rings is 1. The van der Waals surface area contributed by atoms with Gasteiger partial charge in [0, 0.05) is 4.88 Å². The molecule has 0 aliphatic heterocycles. The summed E-state index contributed by atoms with van der Waals surface area (Å²) >= 11 is 4.89. The van der Waals surface area contributed by atoms with Crippen molar-refractivity contribution in [2.24, 2.45) is 5.73 Å². The number of aliphatic hydroxyl groups excluding tert-OH is 1. The summed E-state index contributed by atoms with van der Waals surface area (Å²) in [5, 5.41) is 9.15. The molecule has 4 heteroatoms. The van der Waals surface area contributed by atoms with Gasteiger partial charge in [-0.2, -0.15) is 0 Å². The molecular formula is C7H10BrNOS. The molecule has 0 saturated heterocycles. The van der Waals surface area contributed by atoms with Crippen LogP contribution in [-0.2, 0) is 0 Å². The lowest BCUT2D eigenvalue weighted by molar-refractivity contribution is 0.165. The van der Waals surface area contributed by atoms with Gasteiger partial charge in [0.05, 0.1) is 15.9 Å². The Balaban J connectivity index is 2.76. The molecule has 2 nitrogen and oxygen atoms in total. The van der Waals surface area contributed by atoms with Crippen molar-refractivity contribution in [3.8, 4) is 0 Å². The van der Waals surface area contributed by atoms with Crippen LogP contribution in [0.2, 0.25) is 0 Å². The van der Waals surface area contributed by atoms with Crippen molar-refractivity contribution in [2.45, 2.75) is 19.1 Å². The second-order valence-electron chi connectivity index (χ2n) is 2.41. The maximum absolute atomic E-state index is 9.15. The molecule has 0 aliphatic carbocycles. The molecule has 1 heterocycles. The Morgan fingerprint density at radius 3 is 2.64 bits per heavy atom. The average Bonchev–Trinajstić information content (AvgIpc) is 2.34. The lowest BCUT2D eigenvalue weighted by Crippen LogP contribution is -2.21. The van der Waals surface area contributed by atoms with Gasteiger partial charge in [0.2, 0.25) is 0 Å². The predicted octanol–water partition coefficient (Wildman–Crippen LogP) is 1.89. The SMILES string of the molecule is CC(O)[C@@H](N)c1ccc(Br)s1. The fourth-order valence-corrected chi connectivity index (χ4v) is 2.27. The fraction of sp³-hybridized carbons (Fsp3) is 0.429. The normalized spacial score (nSPS) is 16.4. The van der Waals surface area contributed by atoms with E-state index in [1.54, 1.807) is 18.3 Å². The summed E-state index contributed by atoms with van der Waals surface area (Å²) in [7, 11) is 0. The monoisotopic (exact) mass is 235 g/mol. The van der Waals surface area contributed by atoms with Crippen LogP contribution in [0.1, 0.15) is 17.8 Å². The molecular weight excluding hydrogens is 226 g/mol. The Morgan fingerprint density at radius 1 is 1.64 bits per heavy atom. The minimum absolute atomic E-state index is 0.258. The molecule has 1 aromatic rings. The molecule has 62 valence electrons. The van der Waals surface area contributed by atoms with Gasteiger partial charge in [0.1, 0.15) is 0 Å². The van der Waals surface area contributed by atoms with Crippen LogP contribution >= 0.6 is 27.3 Å². The third-order valence-corrected chi connectivity index (χ3v) is 3.17. The largest absolute Gasteiger partial charge is 0.391 e. The van der Waals surface area contributed by atoms with E-state index in [1.165, 1.54) is 0 Å². The lowest BCUT2D eigenvalue weighted by Gasteiger charge is -2.11. The highest BCUT2D eigenvalue weighted by atomic mass is 79.9. The Kier molecular flexibility index (Phi) is 3.06. The van der Waals surface area contributed by atoms with Crippen molar-refractivity contribution in [1.82, 2.24) is 0 Å². The standard InChI is InChI=1S/C7H10BrNOS/c1-4(10)7(9)5-2-3-6(8)11-5/h2-4,7,10H,9H2,1H3/t4?,7-/m1/s1. The number of aliphatic hydroxyl groups is 1. The first kappa shape index (κ1) is 9.19. The van der Waals surface area contributed by atoms with Crippen LogP contribution in [0.5, 0.6) is 0 Å². The Labute approximate surface area is 78.2 Å². The molecule has 0 spiro atoms. The molecule has 3 N–H and O–H groups in total. The average molecular weight is 236 g/mol. The molecule has 1 rings (SSSR count). The highest BCUT2D eigenvalue weighted by Crippen LogP contribution is 2.27. The molecule has 1 aromatic heterocycles. The Bertz CT molecular complexity index is 236. The lowest BCUT2D eigenvalue weighted by atomic mass is 10.2. The Hall–Kier alpha value is 0.1000. The van der Waals surface area contributed by atoms with Crippen molar-refractivity contribution in [1.29, 1.82) is 0 Å². The van der Waals surface area contributed by atoms with E-state index in [-0.39, 0.29) is 6.04 Å². The smallest absolute Gasteiger partial charge is 0.0712 e. The number of hydrogen-bond donors (Lipinski definition) is 2. The third-order valence-electron chi connectivity index (χ3n) is 1.44. The first-order valence-corrected chi connectivity index (χ1v) is 4.91. The minimum Gasteiger partial charge on any atom is -0.391 e. The van der Waals surface area contributed by atoms with Crippen molar-refractivity contribution in [3.63, 3.8) is 0 Å². The number of hydrogen-bond acceptors (Lipinski definition) is 3. The van der Waals surface area contributed by atoms with E-state index in [2.05, 4.69) is 15.9 Å². The van der Waals surface area contributed by atoms with Gasteiger partial charge >= 0.3 is 0 Å². The van der Waals surface area contributed by atoms with Crippen LogP contribution in [-0.4, -0.2) is 11.2 Å². The van der Waals surface area contributed by atoms with E-state index in [1.807, 2.05) is 12.1 Å². The Morgan fingerprint density at radius 2 is 2.27 bits per heavy atom. The van der Waals surface area contributed by atoms with E-state index >= 15 is 0 Å². The highest BCUT2D eigenvalue weighted by Gasteiger charge is 2.13. The van der Waals surface area contributed by atoms with Gasteiger partial charge in [-0.25, -0.2) is 0 Å². The third kappa shape index (κ3) is 2.27. The number of nitrogens with two attached hydrogens (primary N) is 1. The second-order valence-corrected chi connectivity index (χ2v) is 4.90. The molecule has 0 radical (unpaired) electrons. The molecule has 0 amide bonds. The van der Waals surface area contributed by atoms with Crippen LogP contribution in [0.3, 0.4) is 0 Å². The van der Waals surface area contributed by atoms with E-state index < -0.39 is 6.10 Å². The summed E-state index contributed by atoms with van der Waals surface area (Å²) in [5.74, 6) is 0. The van der Waals surface area contributed by atoms with Gasteiger partial charge in [0.15, 0.2) is 0 Å².